The van der Waals surface area contributed by atoms with Crippen molar-refractivity contribution in [3.05, 3.63) is 28.0 Å². The summed E-state index contributed by atoms with van der Waals surface area (Å²) in [5.41, 5.74) is 0. The van der Waals surface area contributed by atoms with Crippen LogP contribution in [0, 0.1) is 11.7 Å². The molecule has 1 aromatic carbocycles. The van der Waals surface area contributed by atoms with Crippen molar-refractivity contribution in [3.8, 4) is 0 Å². The third-order valence-electron chi connectivity index (χ3n) is 3.49. The van der Waals surface area contributed by atoms with E-state index in [1.807, 2.05) is 0 Å². The van der Waals surface area contributed by atoms with Gasteiger partial charge in [-0.2, -0.15) is 4.31 Å². The van der Waals surface area contributed by atoms with Crippen molar-refractivity contribution in [1.29, 1.82) is 0 Å². The zero-order valence-corrected chi connectivity index (χ0v) is 13.2. The fraction of sp³-hybridized carbons (Fsp3) is 0.417. The Kier molecular flexibility index (Phi) is 4.49. The maximum absolute atomic E-state index is 13.7. The molecule has 1 saturated heterocycles. The summed E-state index contributed by atoms with van der Waals surface area (Å²) in [6.07, 6.45) is 0.407. The number of halogens is 3. The molecule has 0 aliphatic carbocycles. The smallest absolute Gasteiger partial charge is 0.322 e. The average molecular weight is 356 g/mol. The Morgan fingerprint density at radius 1 is 1.43 bits per heavy atom. The van der Waals surface area contributed by atoms with Gasteiger partial charge >= 0.3 is 5.97 Å². The van der Waals surface area contributed by atoms with Gasteiger partial charge in [0.1, 0.15) is 10.9 Å². The van der Waals surface area contributed by atoms with Crippen molar-refractivity contribution in [2.24, 2.45) is 5.92 Å². The summed E-state index contributed by atoms with van der Waals surface area (Å²) in [7, 11) is -4.21. The monoisotopic (exact) mass is 355 g/mol. The second kappa shape index (κ2) is 5.72. The molecule has 0 spiro atoms. The number of aliphatic carboxylic acids is 1. The summed E-state index contributed by atoms with van der Waals surface area (Å²) in [6.45, 7) is 1.69. The lowest BCUT2D eigenvalue weighted by atomic mass is 10.0. The van der Waals surface area contributed by atoms with Crippen LogP contribution >= 0.6 is 23.2 Å². The van der Waals surface area contributed by atoms with Crippen LogP contribution in [0.5, 0.6) is 0 Å². The van der Waals surface area contributed by atoms with E-state index in [0.717, 1.165) is 16.4 Å². The van der Waals surface area contributed by atoms with Gasteiger partial charge in [-0.25, -0.2) is 12.8 Å². The Hall–Kier alpha value is -0.890. The number of nitrogens with zero attached hydrogens (tertiary/aromatic N) is 1. The first-order valence-electron chi connectivity index (χ1n) is 6.06. The Morgan fingerprint density at radius 3 is 2.62 bits per heavy atom. The van der Waals surface area contributed by atoms with Crippen LogP contribution in [0.4, 0.5) is 4.39 Å². The van der Waals surface area contributed by atoms with E-state index in [4.69, 9.17) is 23.2 Å². The molecule has 116 valence electrons. The first-order valence-corrected chi connectivity index (χ1v) is 8.25. The van der Waals surface area contributed by atoms with E-state index in [1.54, 1.807) is 6.92 Å². The third-order valence-corrected chi connectivity index (χ3v) is 6.19. The zero-order valence-electron chi connectivity index (χ0n) is 10.9. The van der Waals surface area contributed by atoms with E-state index >= 15 is 0 Å². The van der Waals surface area contributed by atoms with Crippen LogP contribution in [0.15, 0.2) is 17.0 Å². The van der Waals surface area contributed by atoms with Crippen molar-refractivity contribution in [1.82, 2.24) is 4.31 Å². The molecule has 0 bridgehead atoms. The molecule has 2 unspecified atom stereocenters. The van der Waals surface area contributed by atoms with Gasteiger partial charge in [-0.3, -0.25) is 4.79 Å². The number of sulfonamides is 1. The van der Waals surface area contributed by atoms with Gasteiger partial charge in [-0.1, -0.05) is 30.1 Å². The lowest BCUT2D eigenvalue weighted by Gasteiger charge is -2.23. The molecule has 1 aliphatic heterocycles. The Morgan fingerprint density at radius 2 is 2.05 bits per heavy atom. The van der Waals surface area contributed by atoms with Crippen LogP contribution in [-0.2, 0) is 14.8 Å². The molecule has 1 aromatic rings. The Labute approximate surface area is 131 Å². The van der Waals surface area contributed by atoms with E-state index in [1.165, 1.54) is 0 Å². The van der Waals surface area contributed by atoms with Gasteiger partial charge in [0.25, 0.3) is 0 Å². The lowest BCUT2D eigenvalue weighted by Crippen LogP contribution is -2.42. The number of benzene rings is 1. The highest BCUT2D eigenvalue weighted by molar-refractivity contribution is 7.89. The van der Waals surface area contributed by atoms with Gasteiger partial charge in [0.05, 0.1) is 10.0 Å². The third kappa shape index (κ3) is 2.75. The normalized spacial score (nSPS) is 23.4. The van der Waals surface area contributed by atoms with Gasteiger partial charge in [0.15, 0.2) is 5.82 Å². The molecule has 5 nitrogen and oxygen atoms in total. The molecule has 9 heteroatoms. The van der Waals surface area contributed by atoms with E-state index < -0.39 is 37.8 Å². The summed E-state index contributed by atoms with van der Waals surface area (Å²) in [6, 6.07) is 0.959. The van der Waals surface area contributed by atoms with E-state index in [2.05, 4.69) is 0 Å². The highest BCUT2D eigenvalue weighted by atomic mass is 35.5. The molecule has 1 N–H and O–H groups in total. The minimum absolute atomic E-state index is 0.0427. The topological polar surface area (TPSA) is 74.7 Å². The first-order chi connectivity index (χ1) is 9.67. The fourth-order valence-corrected chi connectivity index (χ4v) is 4.80. The Balaban J connectivity index is 2.53. The highest BCUT2D eigenvalue weighted by Gasteiger charge is 2.44. The predicted octanol–water partition coefficient (Wildman–Crippen LogP) is 2.62. The summed E-state index contributed by atoms with van der Waals surface area (Å²) in [4.78, 5) is 10.8. The molecule has 0 saturated carbocycles. The number of hydrogen-bond acceptors (Lipinski definition) is 3. The number of carboxylic acids is 1. The standard InChI is InChI=1S/C12H12Cl2FNO4S/c1-6-4-5-16(11(6)12(17)18)21(19,20)8-3-2-7(13)10(15)9(8)14/h2-3,6,11H,4-5H2,1H3,(H,17,18). The number of hydrogen-bond donors (Lipinski definition) is 1. The molecule has 0 radical (unpaired) electrons. The minimum Gasteiger partial charge on any atom is -0.480 e. The number of rotatable bonds is 3. The maximum Gasteiger partial charge on any atom is 0.322 e. The van der Waals surface area contributed by atoms with Crippen molar-refractivity contribution in [3.63, 3.8) is 0 Å². The molecule has 0 aromatic heterocycles. The largest absolute Gasteiger partial charge is 0.480 e. The van der Waals surface area contributed by atoms with Gasteiger partial charge < -0.3 is 5.11 Å². The molecular formula is C12H12Cl2FNO4S. The second-order valence-corrected chi connectivity index (χ2v) is 7.48. The van der Waals surface area contributed by atoms with Crippen LogP contribution in [0.2, 0.25) is 10.0 Å². The molecule has 2 atom stereocenters. The quantitative estimate of drug-likeness (QED) is 0.845. The number of carboxylic acid groups (broad SMARTS) is 1. The number of carbonyl (C=O) groups is 1. The van der Waals surface area contributed by atoms with Crippen molar-refractivity contribution in [2.45, 2.75) is 24.3 Å². The molecule has 1 aliphatic rings. The average Bonchev–Trinajstić information content (AvgIpc) is 2.78. The predicted molar refractivity (Wildman–Crippen MR) is 75.5 cm³/mol. The first kappa shape index (κ1) is 16.5. The lowest BCUT2D eigenvalue weighted by molar-refractivity contribution is -0.141. The summed E-state index contributed by atoms with van der Waals surface area (Å²) in [5, 5.41) is 8.26. The van der Waals surface area contributed by atoms with Gasteiger partial charge in [-0.05, 0) is 24.5 Å². The zero-order chi connectivity index (χ0) is 15.9. The van der Waals surface area contributed by atoms with Crippen LogP contribution in [0.1, 0.15) is 13.3 Å². The van der Waals surface area contributed by atoms with Crippen molar-refractivity contribution < 1.29 is 22.7 Å². The molecule has 21 heavy (non-hydrogen) atoms. The maximum atomic E-state index is 13.7. The van der Waals surface area contributed by atoms with Gasteiger partial charge in [-0.15, -0.1) is 0 Å². The van der Waals surface area contributed by atoms with Crippen LogP contribution in [-0.4, -0.2) is 36.4 Å². The molecule has 1 fully saturated rings. The molecular weight excluding hydrogens is 344 g/mol. The van der Waals surface area contributed by atoms with Crippen LogP contribution in [0.25, 0.3) is 0 Å². The minimum atomic E-state index is -4.21. The van der Waals surface area contributed by atoms with E-state index in [0.29, 0.717) is 6.42 Å². The molecule has 2 rings (SSSR count). The van der Waals surface area contributed by atoms with Crippen LogP contribution in [0.3, 0.4) is 0 Å². The van der Waals surface area contributed by atoms with Crippen LogP contribution < -0.4 is 0 Å². The van der Waals surface area contributed by atoms with Crippen molar-refractivity contribution >= 4 is 39.2 Å². The van der Waals surface area contributed by atoms with Gasteiger partial charge in [0.2, 0.25) is 10.0 Å². The summed E-state index contributed by atoms with van der Waals surface area (Å²) < 4.78 is 39.6. The summed E-state index contributed by atoms with van der Waals surface area (Å²) >= 11 is 11.2. The SMILES string of the molecule is CC1CCN(S(=O)(=O)c2ccc(Cl)c(F)c2Cl)C1C(=O)O. The van der Waals surface area contributed by atoms with Gasteiger partial charge in [0, 0.05) is 6.54 Å². The van der Waals surface area contributed by atoms with Crippen molar-refractivity contribution in [2.75, 3.05) is 6.54 Å². The second-order valence-electron chi connectivity index (χ2n) is 4.84. The molecule has 0 amide bonds. The highest BCUT2D eigenvalue weighted by Crippen LogP contribution is 2.35. The molecule has 1 heterocycles. The van der Waals surface area contributed by atoms with E-state index in [9.17, 15) is 22.7 Å². The Bertz CT molecular complexity index is 695. The fourth-order valence-electron chi connectivity index (χ4n) is 2.38. The van der Waals surface area contributed by atoms with E-state index in [-0.39, 0.29) is 17.5 Å². The summed E-state index contributed by atoms with van der Waals surface area (Å²) in [5.74, 6) is -2.62.